The number of benzene rings is 1. The van der Waals surface area contributed by atoms with Gasteiger partial charge in [-0.3, -0.25) is 9.88 Å². The number of aromatic nitrogens is 1. The van der Waals surface area contributed by atoms with E-state index in [4.69, 9.17) is 4.74 Å². The van der Waals surface area contributed by atoms with Gasteiger partial charge in [-0.2, -0.15) is 0 Å². The van der Waals surface area contributed by atoms with E-state index >= 15 is 0 Å². The van der Waals surface area contributed by atoms with Crippen LogP contribution in [-0.4, -0.2) is 46.3 Å². The van der Waals surface area contributed by atoms with Gasteiger partial charge < -0.3 is 14.9 Å². The minimum atomic E-state index is -0.524. The van der Waals surface area contributed by atoms with Gasteiger partial charge in [0.05, 0.1) is 25.0 Å². The van der Waals surface area contributed by atoms with Gasteiger partial charge in [-0.25, -0.2) is 0 Å². The molecule has 1 aromatic heterocycles. The molecule has 122 valence electrons. The van der Waals surface area contributed by atoms with Crippen molar-refractivity contribution in [2.75, 3.05) is 26.2 Å². The SMILES string of the molecule is Oc1ccc2c(c1)CCN(CCOCc1ccccn1)CC2O. The fraction of sp³-hybridized carbons (Fsp3) is 0.389. The van der Waals surface area contributed by atoms with Gasteiger partial charge in [0.15, 0.2) is 0 Å². The second-order valence-corrected chi connectivity index (χ2v) is 5.82. The maximum absolute atomic E-state index is 10.4. The zero-order valence-electron chi connectivity index (χ0n) is 13.1. The molecular weight excluding hydrogens is 292 g/mol. The molecule has 2 N–H and O–H groups in total. The number of rotatable bonds is 5. The maximum atomic E-state index is 10.4. The standard InChI is InChI=1S/C18H22N2O3/c21-16-4-5-17-14(11-16)6-8-20(12-18(17)22)9-10-23-13-15-3-1-2-7-19-15/h1-5,7,11,18,21-22H,6,8-10,12-13H2. The van der Waals surface area contributed by atoms with Crippen LogP contribution in [0.5, 0.6) is 5.75 Å². The molecule has 5 heteroatoms. The van der Waals surface area contributed by atoms with E-state index < -0.39 is 6.10 Å². The highest BCUT2D eigenvalue weighted by Gasteiger charge is 2.21. The topological polar surface area (TPSA) is 65.8 Å². The Morgan fingerprint density at radius 1 is 1.26 bits per heavy atom. The van der Waals surface area contributed by atoms with Crippen LogP contribution in [0.25, 0.3) is 0 Å². The minimum absolute atomic E-state index is 0.253. The predicted molar refractivity (Wildman–Crippen MR) is 87.1 cm³/mol. The van der Waals surface area contributed by atoms with Crippen LogP contribution in [0.15, 0.2) is 42.6 Å². The van der Waals surface area contributed by atoms with Crippen molar-refractivity contribution >= 4 is 0 Å². The lowest BCUT2D eigenvalue weighted by Crippen LogP contribution is -2.31. The number of phenols is 1. The van der Waals surface area contributed by atoms with Gasteiger partial charge in [0, 0.05) is 25.8 Å². The zero-order valence-corrected chi connectivity index (χ0v) is 13.1. The summed E-state index contributed by atoms with van der Waals surface area (Å²) in [5, 5.41) is 20.0. The Labute approximate surface area is 136 Å². The molecule has 1 aromatic carbocycles. The number of aliphatic hydroxyl groups excluding tert-OH is 1. The molecule has 1 unspecified atom stereocenters. The molecule has 1 aliphatic rings. The Hall–Kier alpha value is -1.95. The quantitative estimate of drug-likeness (QED) is 0.825. The molecule has 1 aliphatic heterocycles. The van der Waals surface area contributed by atoms with E-state index in [1.165, 1.54) is 0 Å². The lowest BCUT2D eigenvalue weighted by atomic mass is 10.0. The summed E-state index contributed by atoms with van der Waals surface area (Å²) in [7, 11) is 0. The lowest BCUT2D eigenvalue weighted by Gasteiger charge is -2.21. The van der Waals surface area contributed by atoms with E-state index in [1.807, 2.05) is 24.3 Å². The number of aromatic hydroxyl groups is 1. The Kier molecular flexibility index (Phi) is 5.23. The van der Waals surface area contributed by atoms with Crippen LogP contribution < -0.4 is 0 Å². The number of phenolic OH excluding ortho intramolecular Hbond substituents is 1. The second kappa shape index (κ2) is 7.55. The molecule has 0 aliphatic carbocycles. The number of hydrogen-bond acceptors (Lipinski definition) is 5. The van der Waals surface area contributed by atoms with Crippen molar-refractivity contribution < 1.29 is 14.9 Å². The Balaban J connectivity index is 1.49. The molecule has 0 radical (unpaired) electrons. The van der Waals surface area contributed by atoms with Gasteiger partial charge in [-0.15, -0.1) is 0 Å². The first-order chi connectivity index (χ1) is 11.2. The summed E-state index contributed by atoms with van der Waals surface area (Å²) in [6.45, 7) is 3.31. The molecule has 23 heavy (non-hydrogen) atoms. The van der Waals surface area contributed by atoms with Gasteiger partial charge in [-0.05, 0) is 41.8 Å². The van der Waals surface area contributed by atoms with E-state index in [9.17, 15) is 10.2 Å². The first-order valence-electron chi connectivity index (χ1n) is 7.92. The van der Waals surface area contributed by atoms with Crippen LogP contribution in [-0.2, 0) is 17.8 Å². The van der Waals surface area contributed by atoms with E-state index in [-0.39, 0.29) is 5.75 Å². The summed E-state index contributed by atoms with van der Waals surface area (Å²) in [5.74, 6) is 0.253. The van der Waals surface area contributed by atoms with Crippen LogP contribution in [0, 0.1) is 0 Å². The third-order valence-corrected chi connectivity index (χ3v) is 4.14. The van der Waals surface area contributed by atoms with Gasteiger partial charge in [0.2, 0.25) is 0 Å². The van der Waals surface area contributed by atoms with Crippen LogP contribution in [0.2, 0.25) is 0 Å². The number of aliphatic hydroxyl groups is 1. The summed E-state index contributed by atoms with van der Waals surface area (Å²) >= 11 is 0. The molecule has 2 heterocycles. The van der Waals surface area contributed by atoms with Crippen LogP contribution >= 0.6 is 0 Å². The van der Waals surface area contributed by atoms with E-state index in [0.717, 1.165) is 36.3 Å². The maximum Gasteiger partial charge on any atom is 0.115 e. The Morgan fingerprint density at radius 2 is 2.17 bits per heavy atom. The summed E-state index contributed by atoms with van der Waals surface area (Å²) in [4.78, 5) is 6.42. The number of nitrogens with zero attached hydrogens (tertiary/aromatic N) is 2. The zero-order chi connectivity index (χ0) is 16.1. The minimum Gasteiger partial charge on any atom is -0.508 e. The highest BCUT2D eigenvalue weighted by atomic mass is 16.5. The fourth-order valence-corrected chi connectivity index (χ4v) is 2.90. The van der Waals surface area contributed by atoms with Crippen LogP contribution in [0.1, 0.15) is 22.9 Å². The highest BCUT2D eigenvalue weighted by Crippen LogP contribution is 2.26. The van der Waals surface area contributed by atoms with Crippen molar-refractivity contribution in [1.29, 1.82) is 0 Å². The smallest absolute Gasteiger partial charge is 0.115 e. The van der Waals surface area contributed by atoms with Gasteiger partial charge >= 0.3 is 0 Å². The Bertz CT molecular complexity index is 633. The average molecular weight is 314 g/mol. The van der Waals surface area contributed by atoms with Gasteiger partial charge in [0.25, 0.3) is 0 Å². The van der Waals surface area contributed by atoms with Crippen LogP contribution in [0.3, 0.4) is 0 Å². The molecule has 2 aromatic rings. The fourth-order valence-electron chi connectivity index (χ4n) is 2.90. The first kappa shape index (κ1) is 15.9. The molecular formula is C18H22N2O3. The molecule has 0 amide bonds. The molecule has 5 nitrogen and oxygen atoms in total. The molecule has 0 bridgehead atoms. The number of pyridine rings is 1. The molecule has 1 atom stereocenters. The third-order valence-electron chi connectivity index (χ3n) is 4.14. The summed E-state index contributed by atoms with van der Waals surface area (Å²) in [6.07, 6.45) is 2.06. The van der Waals surface area contributed by atoms with Crippen LogP contribution in [0.4, 0.5) is 0 Å². The average Bonchev–Trinajstić information content (AvgIpc) is 2.71. The number of ether oxygens (including phenoxy) is 1. The molecule has 0 saturated carbocycles. The number of hydrogen-bond donors (Lipinski definition) is 2. The second-order valence-electron chi connectivity index (χ2n) is 5.82. The summed E-state index contributed by atoms with van der Waals surface area (Å²) in [5.41, 5.74) is 2.86. The molecule has 0 fully saturated rings. The van der Waals surface area contributed by atoms with Gasteiger partial charge in [-0.1, -0.05) is 12.1 Å². The number of β-amino-alcohol motifs (C(OH)–C–C–N with tert-alkyl or cyclic N) is 1. The normalized spacial score (nSPS) is 18.4. The molecule has 0 spiro atoms. The lowest BCUT2D eigenvalue weighted by molar-refractivity contribution is 0.0687. The third kappa shape index (κ3) is 4.28. The van der Waals surface area contributed by atoms with Crippen molar-refractivity contribution in [3.05, 3.63) is 59.4 Å². The number of fused-ring (bicyclic) bond motifs is 1. The Morgan fingerprint density at radius 3 is 3.00 bits per heavy atom. The largest absolute Gasteiger partial charge is 0.508 e. The van der Waals surface area contributed by atoms with E-state index in [2.05, 4.69) is 9.88 Å². The van der Waals surface area contributed by atoms with Crippen molar-refractivity contribution in [2.45, 2.75) is 19.1 Å². The molecule has 3 rings (SSSR count). The highest BCUT2D eigenvalue weighted by molar-refractivity contribution is 5.37. The summed E-state index contributed by atoms with van der Waals surface area (Å²) in [6, 6.07) is 11.0. The monoisotopic (exact) mass is 314 g/mol. The van der Waals surface area contributed by atoms with E-state index in [1.54, 1.807) is 18.3 Å². The van der Waals surface area contributed by atoms with Crippen molar-refractivity contribution in [1.82, 2.24) is 9.88 Å². The predicted octanol–water partition coefficient (Wildman–Crippen LogP) is 1.90. The van der Waals surface area contributed by atoms with Gasteiger partial charge in [0.1, 0.15) is 5.75 Å². The molecule has 0 saturated heterocycles. The van der Waals surface area contributed by atoms with Crippen molar-refractivity contribution in [2.24, 2.45) is 0 Å². The van der Waals surface area contributed by atoms with Crippen molar-refractivity contribution in [3.8, 4) is 5.75 Å². The van der Waals surface area contributed by atoms with Crippen molar-refractivity contribution in [3.63, 3.8) is 0 Å². The summed E-state index contributed by atoms with van der Waals surface area (Å²) < 4.78 is 5.67. The van der Waals surface area contributed by atoms with E-state index in [0.29, 0.717) is 19.8 Å². The first-order valence-corrected chi connectivity index (χ1v) is 7.92.